The average molecular weight is 340 g/mol. The van der Waals surface area contributed by atoms with Gasteiger partial charge in [-0.15, -0.1) is 0 Å². The molecule has 0 saturated carbocycles. The first-order valence-electron chi connectivity index (χ1n) is 9.05. The second kappa shape index (κ2) is 7.84. The van der Waals surface area contributed by atoms with Crippen LogP contribution in [0.5, 0.6) is 0 Å². The molecule has 2 aliphatic heterocycles. The summed E-state index contributed by atoms with van der Waals surface area (Å²) in [5, 5.41) is 3.35. The monoisotopic (exact) mass is 340 g/mol. The second-order valence-electron chi connectivity index (χ2n) is 6.71. The van der Waals surface area contributed by atoms with Gasteiger partial charge in [-0.1, -0.05) is 0 Å². The van der Waals surface area contributed by atoms with Gasteiger partial charge in [0, 0.05) is 44.8 Å². The van der Waals surface area contributed by atoms with Crippen molar-refractivity contribution in [1.29, 1.82) is 0 Å². The van der Waals surface area contributed by atoms with Gasteiger partial charge in [-0.3, -0.25) is 9.97 Å². The zero-order valence-electron chi connectivity index (χ0n) is 14.3. The lowest BCUT2D eigenvalue weighted by molar-refractivity contribution is 0.0352. The molecule has 2 fully saturated rings. The third-order valence-electron chi connectivity index (χ3n) is 4.95. The van der Waals surface area contributed by atoms with E-state index in [9.17, 15) is 0 Å². The Morgan fingerprint density at radius 2 is 2.00 bits per heavy atom. The topological polar surface area (TPSA) is 76.1 Å². The van der Waals surface area contributed by atoms with Crippen LogP contribution in [0.3, 0.4) is 0 Å². The first-order valence-corrected chi connectivity index (χ1v) is 9.05. The molecule has 0 aromatic carbocycles. The summed E-state index contributed by atoms with van der Waals surface area (Å²) in [5.41, 5.74) is 1.59. The molecule has 0 radical (unpaired) electrons. The zero-order valence-corrected chi connectivity index (χ0v) is 14.3. The summed E-state index contributed by atoms with van der Waals surface area (Å²) in [7, 11) is 0. The summed E-state index contributed by atoms with van der Waals surface area (Å²) >= 11 is 0. The second-order valence-corrected chi connectivity index (χ2v) is 6.71. The van der Waals surface area contributed by atoms with Crippen molar-refractivity contribution < 1.29 is 4.74 Å². The van der Waals surface area contributed by atoms with E-state index in [-0.39, 0.29) is 0 Å². The van der Waals surface area contributed by atoms with Crippen molar-refractivity contribution in [3.63, 3.8) is 0 Å². The maximum absolute atomic E-state index is 6.03. The van der Waals surface area contributed by atoms with Crippen LogP contribution in [0.25, 0.3) is 11.4 Å². The fourth-order valence-electron chi connectivity index (χ4n) is 3.42. The molecule has 1 N–H and O–H groups in total. The van der Waals surface area contributed by atoms with Crippen LogP contribution in [-0.2, 0) is 4.74 Å². The Morgan fingerprint density at radius 3 is 2.76 bits per heavy atom. The van der Waals surface area contributed by atoms with Crippen molar-refractivity contribution in [3.05, 3.63) is 30.9 Å². The first kappa shape index (κ1) is 16.4. The SMILES string of the molecule is c1cnc(-c2ccnc(N3CCC(COC4CCNC4)CC3)n2)cn1. The molecule has 4 rings (SSSR count). The van der Waals surface area contributed by atoms with Gasteiger partial charge in [0.1, 0.15) is 5.69 Å². The Labute approximate surface area is 147 Å². The van der Waals surface area contributed by atoms with Gasteiger partial charge in [0.25, 0.3) is 0 Å². The Balaban J connectivity index is 1.33. The Bertz CT molecular complexity index is 668. The lowest BCUT2D eigenvalue weighted by Crippen LogP contribution is -2.36. The Hall–Kier alpha value is -2.12. The first-order chi connectivity index (χ1) is 12.4. The number of aromatic nitrogens is 4. The number of nitrogens with one attached hydrogen (secondary N) is 1. The predicted octanol–water partition coefficient (Wildman–Crippen LogP) is 1.53. The summed E-state index contributed by atoms with van der Waals surface area (Å²) < 4.78 is 6.03. The summed E-state index contributed by atoms with van der Waals surface area (Å²) in [4.78, 5) is 19.8. The van der Waals surface area contributed by atoms with Crippen LogP contribution in [0.4, 0.5) is 5.95 Å². The molecule has 4 heterocycles. The van der Waals surface area contributed by atoms with Crippen molar-refractivity contribution in [2.75, 3.05) is 37.7 Å². The van der Waals surface area contributed by atoms with Crippen molar-refractivity contribution in [2.45, 2.75) is 25.4 Å². The van der Waals surface area contributed by atoms with E-state index in [1.807, 2.05) is 6.07 Å². The average Bonchev–Trinajstić information content (AvgIpc) is 3.21. The number of nitrogens with zero attached hydrogens (tertiary/aromatic N) is 5. The molecule has 25 heavy (non-hydrogen) atoms. The van der Waals surface area contributed by atoms with Gasteiger partial charge in [0.2, 0.25) is 5.95 Å². The summed E-state index contributed by atoms with van der Waals surface area (Å²) in [5.74, 6) is 1.42. The zero-order chi connectivity index (χ0) is 16.9. The standard InChI is InChI=1S/C18H24N6O/c1-5-19-11-15(1)25-13-14-3-9-24(10-4-14)18-22-6-2-16(23-18)17-12-20-7-8-21-17/h2,6-8,12,14-15,19H,1,3-5,9-11,13H2. The van der Waals surface area contributed by atoms with Crippen LogP contribution in [0.2, 0.25) is 0 Å². The Morgan fingerprint density at radius 1 is 1.08 bits per heavy atom. The smallest absolute Gasteiger partial charge is 0.225 e. The van der Waals surface area contributed by atoms with E-state index in [1.165, 1.54) is 0 Å². The molecule has 2 aromatic heterocycles. The molecule has 0 spiro atoms. The highest BCUT2D eigenvalue weighted by molar-refractivity contribution is 5.54. The van der Waals surface area contributed by atoms with Crippen LogP contribution in [0, 0.1) is 5.92 Å². The molecule has 2 aromatic rings. The van der Waals surface area contributed by atoms with E-state index in [0.717, 1.165) is 69.4 Å². The molecule has 2 saturated heterocycles. The highest BCUT2D eigenvalue weighted by Gasteiger charge is 2.23. The Kier molecular flexibility index (Phi) is 5.13. The van der Waals surface area contributed by atoms with Crippen LogP contribution in [0.1, 0.15) is 19.3 Å². The third kappa shape index (κ3) is 4.11. The molecule has 7 heteroatoms. The number of hydrogen-bond donors (Lipinski definition) is 1. The molecular weight excluding hydrogens is 316 g/mol. The predicted molar refractivity (Wildman–Crippen MR) is 95.2 cm³/mol. The van der Waals surface area contributed by atoms with Gasteiger partial charge < -0.3 is 15.0 Å². The van der Waals surface area contributed by atoms with Gasteiger partial charge >= 0.3 is 0 Å². The van der Waals surface area contributed by atoms with Gasteiger partial charge in [-0.25, -0.2) is 9.97 Å². The molecule has 2 aliphatic rings. The van der Waals surface area contributed by atoms with Gasteiger partial charge in [-0.2, -0.15) is 0 Å². The molecule has 1 unspecified atom stereocenters. The third-order valence-corrected chi connectivity index (χ3v) is 4.95. The largest absolute Gasteiger partial charge is 0.377 e. The van der Waals surface area contributed by atoms with Crippen LogP contribution >= 0.6 is 0 Å². The van der Waals surface area contributed by atoms with Crippen molar-refractivity contribution >= 4 is 5.95 Å². The number of piperidine rings is 1. The molecule has 132 valence electrons. The van der Waals surface area contributed by atoms with Crippen molar-refractivity contribution in [2.24, 2.45) is 5.92 Å². The minimum Gasteiger partial charge on any atom is -0.377 e. The minimum absolute atomic E-state index is 0.407. The molecule has 0 bridgehead atoms. The molecule has 7 nitrogen and oxygen atoms in total. The van der Waals surface area contributed by atoms with E-state index in [2.05, 4.69) is 30.2 Å². The van der Waals surface area contributed by atoms with Crippen LogP contribution < -0.4 is 10.2 Å². The molecule has 1 atom stereocenters. The van der Waals surface area contributed by atoms with E-state index in [4.69, 9.17) is 4.74 Å². The highest BCUT2D eigenvalue weighted by Crippen LogP contribution is 2.23. The van der Waals surface area contributed by atoms with Gasteiger partial charge in [0.15, 0.2) is 0 Å². The summed E-state index contributed by atoms with van der Waals surface area (Å²) in [6, 6.07) is 1.88. The number of rotatable bonds is 5. The lowest BCUT2D eigenvalue weighted by atomic mass is 9.98. The highest BCUT2D eigenvalue weighted by atomic mass is 16.5. The van der Waals surface area contributed by atoms with Gasteiger partial charge in [-0.05, 0) is 37.8 Å². The quantitative estimate of drug-likeness (QED) is 0.884. The number of ether oxygens (including phenoxy) is 1. The molecule has 0 aliphatic carbocycles. The summed E-state index contributed by atoms with van der Waals surface area (Å²) in [6.45, 7) is 4.91. The molecule has 0 amide bonds. The van der Waals surface area contributed by atoms with Gasteiger partial charge in [0.05, 0.1) is 18.0 Å². The van der Waals surface area contributed by atoms with Crippen LogP contribution in [0.15, 0.2) is 30.9 Å². The lowest BCUT2D eigenvalue weighted by Gasteiger charge is -2.32. The summed E-state index contributed by atoms with van der Waals surface area (Å²) in [6.07, 6.45) is 10.7. The van der Waals surface area contributed by atoms with Crippen molar-refractivity contribution in [1.82, 2.24) is 25.3 Å². The fourth-order valence-corrected chi connectivity index (χ4v) is 3.42. The number of hydrogen-bond acceptors (Lipinski definition) is 7. The minimum atomic E-state index is 0.407. The molecular formula is C18H24N6O. The van der Waals surface area contributed by atoms with E-state index in [1.54, 1.807) is 24.8 Å². The maximum Gasteiger partial charge on any atom is 0.225 e. The van der Waals surface area contributed by atoms with Crippen molar-refractivity contribution in [3.8, 4) is 11.4 Å². The van der Waals surface area contributed by atoms with E-state index < -0.39 is 0 Å². The fraction of sp³-hybridized carbons (Fsp3) is 0.556. The number of anilines is 1. The maximum atomic E-state index is 6.03. The van der Waals surface area contributed by atoms with E-state index in [0.29, 0.717) is 12.0 Å². The normalized spacial score (nSPS) is 21.6. The van der Waals surface area contributed by atoms with Crippen LogP contribution in [-0.4, -0.2) is 58.8 Å². The van der Waals surface area contributed by atoms with E-state index >= 15 is 0 Å².